The lowest BCUT2D eigenvalue weighted by Crippen LogP contribution is -2.29. The SMILES string of the molecule is COc1cccc(C2C(=C(O)c3ccc(Br)cc3)C(=O)C(=O)N2c2cc(C(C)(C)C)on2)c1. The molecule has 2 heterocycles. The Morgan fingerprint density at radius 1 is 1.12 bits per heavy atom. The standard InChI is InChI=1S/C25H23BrN2O5/c1-25(2,3)18-13-19(27-33-18)28-21(15-6-5-7-17(12-15)32-4)20(23(30)24(28)31)22(29)14-8-10-16(26)11-9-14/h5-13,21,29H,1-4H3. The maximum absolute atomic E-state index is 13.2. The van der Waals surface area contributed by atoms with Gasteiger partial charge in [-0.05, 0) is 29.8 Å². The number of Topliss-reactive ketones (excluding diaryl/α,β-unsaturated/α-hetero) is 1. The van der Waals surface area contributed by atoms with Crippen molar-refractivity contribution in [3.8, 4) is 5.75 Å². The van der Waals surface area contributed by atoms with Gasteiger partial charge in [-0.1, -0.05) is 66.1 Å². The number of nitrogens with zero attached hydrogens (tertiary/aromatic N) is 2. The molecule has 3 aromatic rings. The van der Waals surface area contributed by atoms with Crippen LogP contribution < -0.4 is 9.64 Å². The van der Waals surface area contributed by atoms with E-state index in [0.29, 0.717) is 22.6 Å². The van der Waals surface area contributed by atoms with Crippen molar-refractivity contribution in [2.75, 3.05) is 12.0 Å². The Labute approximate surface area is 199 Å². The molecule has 1 unspecified atom stereocenters. The van der Waals surface area contributed by atoms with E-state index in [9.17, 15) is 14.7 Å². The molecule has 1 amide bonds. The second kappa shape index (κ2) is 8.51. The van der Waals surface area contributed by atoms with Crippen LogP contribution in [0.2, 0.25) is 0 Å². The van der Waals surface area contributed by atoms with Gasteiger partial charge in [0.1, 0.15) is 17.3 Å². The van der Waals surface area contributed by atoms with Crippen LogP contribution in [0.15, 0.2) is 69.2 Å². The summed E-state index contributed by atoms with van der Waals surface area (Å²) in [6, 6.07) is 14.6. The number of aliphatic hydroxyl groups is 1. The van der Waals surface area contributed by atoms with Gasteiger partial charge < -0.3 is 14.4 Å². The Kier molecular flexibility index (Phi) is 5.88. The Bertz CT molecular complexity index is 1250. The summed E-state index contributed by atoms with van der Waals surface area (Å²) in [4.78, 5) is 27.7. The summed E-state index contributed by atoms with van der Waals surface area (Å²) in [5.41, 5.74) is 0.630. The summed E-state index contributed by atoms with van der Waals surface area (Å²) in [5, 5.41) is 15.2. The Hall–Kier alpha value is -3.39. The van der Waals surface area contributed by atoms with Crippen molar-refractivity contribution < 1.29 is 24.0 Å². The van der Waals surface area contributed by atoms with E-state index in [0.717, 1.165) is 4.47 Å². The molecule has 4 rings (SSSR count). The van der Waals surface area contributed by atoms with Gasteiger partial charge in [0.15, 0.2) is 5.82 Å². The number of hydrogen-bond acceptors (Lipinski definition) is 6. The van der Waals surface area contributed by atoms with Crippen LogP contribution >= 0.6 is 15.9 Å². The first-order chi connectivity index (χ1) is 15.6. The molecule has 0 spiro atoms. The molecule has 1 aliphatic rings. The Morgan fingerprint density at radius 3 is 2.42 bits per heavy atom. The van der Waals surface area contributed by atoms with Gasteiger partial charge in [-0.15, -0.1) is 0 Å². The van der Waals surface area contributed by atoms with Crippen LogP contribution in [0.4, 0.5) is 5.82 Å². The van der Waals surface area contributed by atoms with Crippen molar-refractivity contribution in [1.29, 1.82) is 0 Å². The largest absolute Gasteiger partial charge is 0.507 e. The number of benzene rings is 2. The van der Waals surface area contributed by atoms with Crippen molar-refractivity contribution in [1.82, 2.24) is 5.16 Å². The van der Waals surface area contributed by atoms with Crippen LogP contribution in [0.5, 0.6) is 5.75 Å². The lowest BCUT2D eigenvalue weighted by atomic mass is 9.93. The maximum Gasteiger partial charge on any atom is 0.301 e. The van der Waals surface area contributed by atoms with Crippen molar-refractivity contribution in [3.05, 3.63) is 81.5 Å². The number of aromatic nitrogens is 1. The summed E-state index contributed by atoms with van der Waals surface area (Å²) < 4.78 is 11.6. The zero-order valence-corrected chi connectivity index (χ0v) is 20.2. The summed E-state index contributed by atoms with van der Waals surface area (Å²) >= 11 is 3.36. The van der Waals surface area contributed by atoms with Crippen LogP contribution in [0.3, 0.4) is 0 Å². The topological polar surface area (TPSA) is 92.9 Å². The van der Waals surface area contributed by atoms with E-state index in [1.807, 2.05) is 20.8 Å². The van der Waals surface area contributed by atoms with Crippen molar-refractivity contribution in [2.24, 2.45) is 0 Å². The van der Waals surface area contributed by atoms with Gasteiger partial charge in [-0.3, -0.25) is 14.5 Å². The molecule has 170 valence electrons. The van der Waals surface area contributed by atoms with E-state index >= 15 is 0 Å². The van der Waals surface area contributed by atoms with Crippen LogP contribution in [-0.2, 0) is 15.0 Å². The van der Waals surface area contributed by atoms with E-state index < -0.39 is 17.7 Å². The van der Waals surface area contributed by atoms with Crippen LogP contribution in [0.25, 0.3) is 5.76 Å². The van der Waals surface area contributed by atoms with Crippen LogP contribution in [0, 0.1) is 0 Å². The highest BCUT2D eigenvalue weighted by Gasteiger charge is 2.48. The first-order valence-electron chi connectivity index (χ1n) is 10.3. The van der Waals surface area contributed by atoms with Crippen molar-refractivity contribution in [3.63, 3.8) is 0 Å². The monoisotopic (exact) mass is 510 g/mol. The predicted molar refractivity (Wildman–Crippen MR) is 127 cm³/mol. The molecule has 1 atom stereocenters. The minimum absolute atomic E-state index is 0.0316. The van der Waals surface area contributed by atoms with Crippen LogP contribution in [0.1, 0.15) is 43.7 Å². The van der Waals surface area contributed by atoms with Gasteiger partial charge in [-0.25, -0.2) is 0 Å². The number of amides is 1. The third kappa shape index (κ3) is 4.18. The third-order valence-corrected chi connectivity index (χ3v) is 5.98. The number of rotatable bonds is 4. The molecule has 33 heavy (non-hydrogen) atoms. The smallest absolute Gasteiger partial charge is 0.301 e. The number of methoxy groups -OCH3 is 1. The number of carbonyl (C=O) groups is 2. The van der Waals surface area contributed by atoms with E-state index in [4.69, 9.17) is 9.26 Å². The third-order valence-electron chi connectivity index (χ3n) is 5.46. The quantitative estimate of drug-likeness (QED) is 0.288. The fourth-order valence-corrected chi connectivity index (χ4v) is 3.96. The molecule has 1 saturated heterocycles. The second-order valence-electron chi connectivity index (χ2n) is 8.75. The van der Waals surface area contributed by atoms with Gasteiger partial charge in [0.25, 0.3) is 5.78 Å². The molecule has 0 radical (unpaired) electrons. The number of ketones is 1. The van der Waals surface area contributed by atoms with Crippen molar-refractivity contribution in [2.45, 2.75) is 32.2 Å². The normalized spacial score (nSPS) is 18.1. The molecule has 7 nitrogen and oxygen atoms in total. The number of carbonyl (C=O) groups excluding carboxylic acids is 2. The van der Waals surface area contributed by atoms with Gasteiger partial charge in [0, 0.05) is 21.5 Å². The number of halogens is 1. The van der Waals surface area contributed by atoms with Gasteiger partial charge >= 0.3 is 5.91 Å². The molecule has 0 bridgehead atoms. The van der Waals surface area contributed by atoms with Crippen LogP contribution in [-0.4, -0.2) is 29.1 Å². The van der Waals surface area contributed by atoms with E-state index in [1.165, 1.54) is 12.0 Å². The minimum atomic E-state index is -0.915. The highest BCUT2D eigenvalue weighted by molar-refractivity contribution is 9.10. The fourth-order valence-electron chi connectivity index (χ4n) is 3.69. The molecular weight excluding hydrogens is 488 g/mol. The zero-order valence-electron chi connectivity index (χ0n) is 18.6. The summed E-state index contributed by atoms with van der Waals surface area (Å²) in [6.07, 6.45) is 0. The molecule has 0 aliphatic carbocycles. The molecule has 0 saturated carbocycles. The molecule has 1 aromatic heterocycles. The Morgan fingerprint density at radius 2 is 1.82 bits per heavy atom. The molecule has 8 heteroatoms. The number of anilines is 1. The number of hydrogen-bond donors (Lipinski definition) is 1. The fraction of sp³-hybridized carbons (Fsp3) is 0.240. The molecule has 1 fully saturated rings. The summed E-state index contributed by atoms with van der Waals surface area (Å²) in [5.74, 6) is -0.548. The van der Waals surface area contributed by atoms with Crippen molar-refractivity contribution >= 4 is 39.2 Å². The summed E-state index contributed by atoms with van der Waals surface area (Å²) in [6.45, 7) is 5.87. The summed E-state index contributed by atoms with van der Waals surface area (Å²) in [7, 11) is 1.53. The first kappa shape index (κ1) is 22.8. The van der Waals surface area contributed by atoms with Gasteiger partial charge in [0.2, 0.25) is 0 Å². The van der Waals surface area contributed by atoms with Gasteiger partial charge in [-0.2, -0.15) is 0 Å². The average molecular weight is 511 g/mol. The molecule has 2 aromatic carbocycles. The van der Waals surface area contributed by atoms with E-state index in [1.54, 1.807) is 54.6 Å². The zero-order chi connectivity index (χ0) is 23.9. The minimum Gasteiger partial charge on any atom is -0.507 e. The number of aliphatic hydroxyl groups excluding tert-OH is 1. The van der Waals surface area contributed by atoms with Gasteiger partial charge in [0.05, 0.1) is 18.7 Å². The highest BCUT2D eigenvalue weighted by Crippen LogP contribution is 2.43. The lowest BCUT2D eigenvalue weighted by molar-refractivity contribution is -0.132. The highest BCUT2D eigenvalue weighted by atomic mass is 79.9. The lowest BCUT2D eigenvalue weighted by Gasteiger charge is -2.23. The van der Waals surface area contributed by atoms with E-state index in [-0.39, 0.29) is 22.6 Å². The predicted octanol–water partition coefficient (Wildman–Crippen LogP) is 5.37. The Balaban J connectivity index is 1.93. The molecular formula is C25H23BrN2O5. The second-order valence-corrected chi connectivity index (χ2v) is 9.67. The average Bonchev–Trinajstić information content (AvgIpc) is 3.37. The molecule has 1 N–H and O–H groups in total. The first-order valence-corrected chi connectivity index (χ1v) is 11.1. The molecule has 1 aliphatic heterocycles. The number of ether oxygens (including phenoxy) is 1. The van der Waals surface area contributed by atoms with E-state index in [2.05, 4.69) is 21.1 Å². The maximum atomic E-state index is 13.2.